The summed E-state index contributed by atoms with van der Waals surface area (Å²) in [6.45, 7) is 10.4. The number of hydrogen-bond donors (Lipinski definition) is 2. The third-order valence-corrected chi connectivity index (χ3v) is 4.17. The van der Waals surface area contributed by atoms with Crippen LogP contribution in [0.5, 0.6) is 0 Å². The first-order valence-corrected chi connectivity index (χ1v) is 7.04. The van der Waals surface area contributed by atoms with Gasteiger partial charge in [-0.25, -0.2) is 9.97 Å². The van der Waals surface area contributed by atoms with Crippen LogP contribution < -0.4 is 16.0 Å². The van der Waals surface area contributed by atoms with E-state index >= 15 is 0 Å². The van der Waals surface area contributed by atoms with Gasteiger partial charge in [-0.2, -0.15) is 0 Å². The summed E-state index contributed by atoms with van der Waals surface area (Å²) in [6.07, 6.45) is 0. The van der Waals surface area contributed by atoms with E-state index in [1.807, 2.05) is 26.8 Å². The summed E-state index contributed by atoms with van der Waals surface area (Å²) < 4.78 is 0. The Balaban J connectivity index is 1.87. The van der Waals surface area contributed by atoms with E-state index in [1.54, 1.807) is 0 Å². The molecule has 0 spiro atoms. The quantitative estimate of drug-likeness (QED) is 0.817. The summed E-state index contributed by atoms with van der Waals surface area (Å²) in [7, 11) is 0. The molecule has 1 aromatic rings. The van der Waals surface area contributed by atoms with E-state index < -0.39 is 5.54 Å². The smallest absolute Gasteiger partial charge is 0.225 e. The van der Waals surface area contributed by atoms with Crippen LogP contribution >= 0.6 is 0 Å². The molecule has 2 fully saturated rings. The lowest BCUT2D eigenvalue weighted by Gasteiger charge is -2.23. The zero-order valence-electron chi connectivity index (χ0n) is 12.0. The summed E-state index contributed by atoms with van der Waals surface area (Å²) in [6, 6.07) is 1.99. The second-order valence-electron chi connectivity index (χ2n) is 6.50. The van der Waals surface area contributed by atoms with Gasteiger partial charge in [0, 0.05) is 31.9 Å². The normalized spacial score (nSPS) is 26.8. The number of fused-ring (bicyclic) bond motifs is 1. The van der Waals surface area contributed by atoms with Gasteiger partial charge in [0.2, 0.25) is 5.95 Å². The van der Waals surface area contributed by atoms with Crippen LogP contribution in [0.25, 0.3) is 0 Å². The van der Waals surface area contributed by atoms with Crippen molar-refractivity contribution in [3.63, 3.8) is 0 Å². The molecule has 19 heavy (non-hydrogen) atoms. The Morgan fingerprint density at radius 3 is 2.47 bits per heavy atom. The predicted octanol–water partition coefficient (Wildman–Crippen LogP) is 0.634. The molecule has 0 aliphatic carbocycles. The highest BCUT2D eigenvalue weighted by Crippen LogP contribution is 2.29. The van der Waals surface area contributed by atoms with Gasteiger partial charge in [-0.05, 0) is 38.7 Å². The van der Waals surface area contributed by atoms with Crippen LogP contribution in [-0.2, 0) is 5.54 Å². The highest BCUT2D eigenvalue weighted by Gasteiger charge is 2.37. The summed E-state index contributed by atoms with van der Waals surface area (Å²) >= 11 is 0. The topological polar surface area (TPSA) is 67.1 Å². The maximum absolute atomic E-state index is 6.17. The van der Waals surface area contributed by atoms with Gasteiger partial charge in [0.1, 0.15) is 0 Å². The number of hydrogen-bond acceptors (Lipinski definition) is 5. The molecule has 3 N–H and O–H groups in total. The molecule has 3 rings (SSSR count). The maximum atomic E-state index is 6.17. The van der Waals surface area contributed by atoms with Crippen LogP contribution in [0.1, 0.15) is 25.2 Å². The number of aromatic nitrogens is 2. The van der Waals surface area contributed by atoms with Crippen LogP contribution in [0.3, 0.4) is 0 Å². The standard InChI is InChI=1S/C14H23N5/c1-9-4-12(14(2,3)15)18-13(17-9)19-7-10-5-16-6-11(10)8-19/h4,10-11,16H,5-8,15H2,1-3H3. The van der Waals surface area contributed by atoms with E-state index in [4.69, 9.17) is 5.73 Å². The number of rotatable bonds is 2. The Labute approximate surface area is 114 Å². The minimum absolute atomic E-state index is 0.417. The predicted molar refractivity (Wildman–Crippen MR) is 76.0 cm³/mol. The lowest BCUT2D eigenvalue weighted by Crippen LogP contribution is -2.32. The van der Waals surface area contributed by atoms with Gasteiger partial charge < -0.3 is 16.0 Å². The van der Waals surface area contributed by atoms with Crippen LogP contribution in [0, 0.1) is 18.8 Å². The Hall–Kier alpha value is -1.20. The fourth-order valence-corrected chi connectivity index (χ4v) is 3.04. The maximum Gasteiger partial charge on any atom is 0.225 e. The van der Waals surface area contributed by atoms with E-state index in [2.05, 4.69) is 20.2 Å². The average molecular weight is 261 g/mol. The van der Waals surface area contributed by atoms with Gasteiger partial charge in [-0.15, -0.1) is 0 Å². The minimum atomic E-state index is -0.417. The second kappa shape index (κ2) is 4.42. The molecular weight excluding hydrogens is 238 g/mol. The molecule has 5 nitrogen and oxygen atoms in total. The molecule has 0 bridgehead atoms. The fraction of sp³-hybridized carbons (Fsp3) is 0.714. The third kappa shape index (κ3) is 2.44. The van der Waals surface area contributed by atoms with Gasteiger partial charge >= 0.3 is 0 Å². The number of nitrogens with one attached hydrogen (secondary N) is 1. The molecular formula is C14H23N5. The highest BCUT2D eigenvalue weighted by molar-refractivity contribution is 5.36. The van der Waals surface area contributed by atoms with Crippen LogP contribution in [0.15, 0.2) is 6.07 Å². The van der Waals surface area contributed by atoms with Gasteiger partial charge in [0.25, 0.3) is 0 Å². The van der Waals surface area contributed by atoms with E-state index in [0.29, 0.717) is 0 Å². The minimum Gasteiger partial charge on any atom is -0.340 e. The summed E-state index contributed by atoms with van der Waals surface area (Å²) in [5, 5.41) is 3.46. The van der Waals surface area contributed by atoms with Crippen LogP contribution in [0.2, 0.25) is 0 Å². The Morgan fingerprint density at radius 1 is 1.26 bits per heavy atom. The van der Waals surface area contributed by atoms with Crippen LogP contribution in [0.4, 0.5) is 5.95 Å². The molecule has 2 aliphatic heterocycles. The highest BCUT2D eigenvalue weighted by atomic mass is 15.3. The van der Waals surface area contributed by atoms with Gasteiger partial charge in [-0.3, -0.25) is 0 Å². The van der Waals surface area contributed by atoms with Crippen molar-refractivity contribution in [1.82, 2.24) is 15.3 Å². The van der Waals surface area contributed by atoms with E-state index in [9.17, 15) is 0 Å². The molecule has 0 radical (unpaired) electrons. The largest absolute Gasteiger partial charge is 0.340 e. The van der Waals surface area contributed by atoms with Crippen molar-refractivity contribution in [2.45, 2.75) is 26.3 Å². The fourth-order valence-electron chi connectivity index (χ4n) is 3.04. The second-order valence-corrected chi connectivity index (χ2v) is 6.50. The molecule has 3 heterocycles. The number of nitrogens with zero attached hydrogens (tertiary/aromatic N) is 3. The lowest BCUT2D eigenvalue weighted by atomic mass is 10.0. The molecule has 1 aromatic heterocycles. The van der Waals surface area contributed by atoms with Gasteiger partial charge in [-0.1, -0.05) is 0 Å². The van der Waals surface area contributed by atoms with Crippen LogP contribution in [-0.4, -0.2) is 36.1 Å². The van der Waals surface area contributed by atoms with E-state index in [0.717, 1.165) is 55.4 Å². The number of aryl methyl sites for hydroxylation is 1. The molecule has 104 valence electrons. The van der Waals surface area contributed by atoms with Gasteiger partial charge in [0.05, 0.1) is 11.2 Å². The SMILES string of the molecule is Cc1cc(C(C)(C)N)nc(N2CC3CNCC3C2)n1. The van der Waals surface area contributed by atoms with Crippen molar-refractivity contribution < 1.29 is 0 Å². The Kier molecular flexibility index (Phi) is 2.98. The van der Waals surface area contributed by atoms with Crippen molar-refractivity contribution in [2.75, 3.05) is 31.1 Å². The van der Waals surface area contributed by atoms with E-state index in [-0.39, 0.29) is 0 Å². The molecule has 0 saturated carbocycles. The average Bonchev–Trinajstić information content (AvgIpc) is 2.86. The van der Waals surface area contributed by atoms with Crippen molar-refractivity contribution in [3.8, 4) is 0 Å². The summed E-state index contributed by atoms with van der Waals surface area (Å²) in [4.78, 5) is 11.6. The zero-order valence-corrected chi connectivity index (χ0v) is 12.0. The molecule has 2 atom stereocenters. The third-order valence-electron chi connectivity index (χ3n) is 4.17. The summed E-state index contributed by atoms with van der Waals surface area (Å²) in [5.41, 5.74) is 7.66. The van der Waals surface area contributed by atoms with E-state index in [1.165, 1.54) is 0 Å². The molecule has 2 unspecified atom stereocenters. The monoisotopic (exact) mass is 261 g/mol. The summed E-state index contributed by atoms with van der Waals surface area (Å²) in [5.74, 6) is 2.35. The number of nitrogens with two attached hydrogens (primary N) is 1. The first-order valence-electron chi connectivity index (χ1n) is 7.04. The first-order chi connectivity index (χ1) is 8.93. The number of anilines is 1. The molecule has 5 heteroatoms. The Bertz CT molecular complexity index is 467. The lowest BCUT2D eigenvalue weighted by molar-refractivity contribution is 0.531. The van der Waals surface area contributed by atoms with Crippen molar-refractivity contribution >= 4 is 5.95 Å². The molecule has 0 aromatic carbocycles. The van der Waals surface area contributed by atoms with Crippen molar-refractivity contribution in [3.05, 3.63) is 17.5 Å². The Morgan fingerprint density at radius 2 is 1.89 bits per heavy atom. The molecule has 2 aliphatic rings. The molecule has 2 saturated heterocycles. The van der Waals surface area contributed by atoms with Crippen molar-refractivity contribution in [2.24, 2.45) is 17.6 Å². The molecule has 0 amide bonds. The zero-order chi connectivity index (χ0) is 13.6. The van der Waals surface area contributed by atoms with Crippen molar-refractivity contribution in [1.29, 1.82) is 0 Å². The first kappa shape index (κ1) is 12.8. The van der Waals surface area contributed by atoms with Gasteiger partial charge in [0.15, 0.2) is 0 Å².